The molecule has 0 spiro atoms. The fourth-order valence-corrected chi connectivity index (χ4v) is 3.90. The standard InChI is InChI=1S/C18H18N2O5S/c21-18(19-14-5-8-16-17(11-14)25-10-9-24-16)12-1-6-15(7-2-12)26(22,23)20-13-3-4-13/h1-2,5-8,11,13,20H,3-4,9-10H2,(H,19,21). The van der Waals surface area contributed by atoms with Gasteiger partial charge in [0.15, 0.2) is 11.5 Å². The van der Waals surface area contributed by atoms with Crippen LogP contribution >= 0.6 is 0 Å². The van der Waals surface area contributed by atoms with Crippen molar-refractivity contribution in [1.29, 1.82) is 0 Å². The Bertz CT molecular complexity index is 937. The maximum absolute atomic E-state index is 12.4. The van der Waals surface area contributed by atoms with Gasteiger partial charge in [0.1, 0.15) is 13.2 Å². The van der Waals surface area contributed by atoms with Crippen LogP contribution in [0.15, 0.2) is 47.4 Å². The van der Waals surface area contributed by atoms with Crippen LogP contribution in [0.4, 0.5) is 5.69 Å². The molecule has 2 aliphatic rings. The van der Waals surface area contributed by atoms with E-state index in [-0.39, 0.29) is 16.8 Å². The van der Waals surface area contributed by atoms with Gasteiger partial charge in [0, 0.05) is 23.4 Å². The van der Waals surface area contributed by atoms with Crippen molar-refractivity contribution >= 4 is 21.6 Å². The molecule has 0 bridgehead atoms. The van der Waals surface area contributed by atoms with E-state index in [2.05, 4.69) is 10.0 Å². The molecule has 1 amide bonds. The van der Waals surface area contributed by atoms with Crippen LogP contribution in [-0.2, 0) is 10.0 Å². The van der Waals surface area contributed by atoms with Crippen LogP contribution in [-0.4, -0.2) is 33.6 Å². The van der Waals surface area contributed by atoms with Crippen molar-refractivity contribution in [1.82, 2.24) is 4.72 Å². The largest absolute Gasteiger partial charge is 0.486 e. The average molecular weight is 374 g/mol. The molecule has 1 saturated carbocycles. The van der Waals surface area contributed by atoms with Gasteiger partial charge in [-0.15, -0.1) is 0 Å². The van der Waals surface area contributed by atoms with Crippen LogP contribution < -0.4 is 19.5 Å². The van der Waals surface area contributed by atoms with E-state index < -0.39 is 10.0 Å². The maximum atomic E-state index is 12.4. The second kappa shape index (κ2) is 6.62. The predicted octanol–water partition coefficient (Wildman–Crippen LogP) is 2.15. The topological polar surface area (TPSA) is 93.7 Å². The first-order chi connectivity index (χ1) is 12.5. The highest BCUT2D eigenvalue weighted by Crippen LogP contribution is 2.32. The van der Waals surface area contributed by atoms with Gasteiger partial charge in [-0.25, -0.2) is 13.1 Å². The van der Waals surface area contributed by atoms with Gasteiger partial charge in [0.05, 0.1) is 4.90 Å². The predicted molar refractivity (Wildman–Crippen MR) is 95.2 cm³/mol. The smallest absolute Gasteiger partial charge is 0.255 e. The molecule has 2 aromatic carbocycles. The lowest BCUT2D eigenvalue weighted by molar-refractivity contribution is 0.102. The first-order valence-corrected chi connectivity index (χ1v) is 9.83. The minimum atomic E-state index is -3.52. The van der Waals surface area contributed by atoms with Gasteiger partial charge in [0.2, 0.25) is 10.0 Å². The SMILES string of the molecule is O=C(Nc1ccc2c(c1)OCCO2)c1ccc(S(=O)(=O)NC2CC2)cc1. The Hall–Kier alpha value is -2.58. The average Bonchev–Trinajstić information content (AvgIpc) is 3.45. The van der Waals surface area contributed by atoms with Crippen LogP contribution in [0.1, 0.15) is 23.2 Å². The maximum Gasteiger partial charge on any atom is 0.255 e. The van der Waals surface area contributed by atoms with Gasteiger partial charge in [-0.05, 0) is 49.2 Å². The molecule has 136 valence electrons. The van der Waals surface area contributed by atoms with Crippen molar-refractivity contribution < 1.29 is 22.7 Å². The Labute approximate surface area is 151 Å². The zero-order chi connectivity index (χ0) is 18.1. The second-order valence-electron chi connectivity index (χ2n) is 6.23. The summed E-state index contributed by atoms with van der Waals surface area (Å²) in [6, 6.07) is 11.1. The molecule has 1 aliphatic heterocycles. The van der Waals surface area contributed by atoms with E-state index >= 15 is 0 Å². The van der Waals surface area contributed by atoms with Crippen molar-refractivity contribution in [2.75, 3.05) is 18.5 Å². The number of carbonyl (C=O) groups is 1. The molecule has 1 fully saturated rings. The number of ether oxygens (including phenoxy) is 2. The third-order valence-corrected chi connectivity index (χ3v) is 5.66. The van der Waals surface area contributed by atoms with Crippen molar-refractivity contribution in [3.63, 3.8) is 0 Å². The van der Waals surface area contributed by atoms with Crippen LogP contribution in [0.25, 0.3) is 0 Å². The molecule has 0 radical (unpaired) electrons. The van der Waals surface area contributed by atoms with E-state index in [1.807, 2.05) is 0 Å². The highest BCUT2D eigenvalue weighted by atomic mass is 32.2. The molecule has 0 saturated heterocycles. The summed E-state index contributed by atoms with van der Waals surface area (Å²) in [6.07, 6.45) is 1.74. The molecular formula is C18H18N2O5S. The van der Waals surface area contributed by atoms with Crippen LogP contribution in [0, 0.1) is 0 Å². The summed E-state index contributed by atoms with van der Waals surface area (Å²) in [7, 11) is -3.52. The number of sulfonamides is 1. The quantitative estimate of drug-likeness (QED) is 0.836. The third-order valence-electron chi connectivity index (χ3n) is 4.13. The molecule has 2 N–H and O–H groups in total. The number of carbonyl (C=O) groups excluding carboxylic acids is 1. The van der Waals surface area contributed by atoms with Crippen LogP contribution in [0.2, 0.25) is 0 Å². The molecule has 0 atom stereocenters. The zero-order valence-electron chi connectivity index (χ0n) is 13.9. The van der Waals surface area contributed by atoms with Crippen LogP contribution in [0.3, 0.4) is 0 Å². The van der Waals surface area contributed by atoms with Gasteiger partial charge in [0.25, 0.3) is 5.91 Å². The number of anilines is 1. The molecule has 7 nitrogen and oxygen atoms in total. The summed E-state index contributed by atoms with van der Waals surface area (Å²) in [5.74, 6) is 0.898. The summed E-state index contributed by atoms with van der Waals surface area (Å²) >= 11 is 0. The van der Waals surface area contributed by atoms with Crippen LogP contribution in [0.5, 0.6) is 11.5 Å². The number of benzene rings is 2. The summed E-state index contributed by atoms with van der Waals surface area (Å²) in [4.78, 5) is 12.5. The highest BCUT2D eigenvalue weighted by Gasteiger charge is 2.28. The Balaban J connectivity index is 1.46. The Morgan fingerprint density at radius 2 is 1.65 bits per heavy atom. The minimum Gasteiger partial charge on any atom is -0.486 e. The minimum absolute atomic E-state index is 0.0400. The van der Waals surface area contributed by atoms with E-state index in [1.54, 1.807) is 18.2 Å². The molecular weight excluding hydrogens is 356 g/mol. The summed E-state index contributed by atoms with van der Waals surface area (Å²) < 4.78 is 37.9. The lowest BCUT2D eigenvalue weighted by Crippen LogP contribution is -2.25. The van der Waals surface area contributed by atoms with E-state index in [9.17, 15) is 13.2 Å². The van der Waals surface area contributed by atoms with Crippen molar-refractivity contribution in [2.24, 2.45) is 0 Å². The zero-order valence-corrected chi connectivity index (χ0v) is 14.7. The first kappa shape index (κ1) is 16.9. The van der Waals surface area contributed by atoms with E-state index in [0.717, 1.165) is 12.8 Å². The fraction of sp³-hybridized carbons (Fsp3) is 0.278. The van der Waals surface area contributed by atoms with Gasteiger partial charge < -0.3 is 14.8 Å². The second-order valence-corrected chi connectivity index (χ2v) is 7.95. The Morgan fingerprint density at radius 1 is 0.962 bits per heavy atom. The summed E-state index contributed by atoms with van der Waals surface area (Å²) in [5.41, 5.74) is 0.941. The van der Waals surface area contributed by atoms with Gasteiger partial charge >= 0.3 is 0 Å². The Morgan fingerprint density at radius 3 is 2.35 bits per heavy atom. The van der Waals surface area contributed by atoms with E-state index in [1.165, 1.54) is 24.3 Å². The number of hydrogen-bond donors (Lipinski definition) is 2. The lowest BCUT2D eigenvalue weighted by atomic mass is 10.2. The molecule has 8 heteroatoms. The number of hydrogen-bond acceptors (Lipinski definition) is 5. The number of rotatable bonds is 5. The van der Waals surface area contributed by atoms with Gasteiger partial charge in [-0.2, -0.15) is 0 Å². The van der Waals surface area contributed by atoms with Crippen molar-refractivity contribution in [3.05, 3.63) is 48.0 Å². The number of nitrogens with one attached hydrogen (secondary N) is 2. The van der Waals surface area contributed by atoms with E-state index in [4.69, 9.17) is 9.47 Å². The van der Waals surface area contributed by atoms with Gasteiger partial charge in [-0.1, -0.05) is 0 Å². The molecule has 0 aromatic heterocycles. The summed E-state index contributed by atoms with van der Waals surface area (Å²) in [6.45, 7) is 0.971. The summed E-state index contributed by atoms with van der Waals surface area (Å²) in [5, 5.41) is 2.77. The van der Waals surface area contributed by atoms with E-state index in [0.29, 0.717) is 36.0 Å². The molecule has 26 heavy (non-hydrogen) atoms. The van der Waals surface area contributed by atoms with Crippen molar-refractivity contribution in [2.45, 2.75) is 23.8 Å². The highest BCUT2D eigenvalue weighted by molar-refractivity contribution is 7.89. The molecule has 4 rings (SSSR count). The molecule has 2 aromatic rings. The third kappa shape index (κ3) is 3.66. The molecule has 1 aliphatic carbocycles. The van der Waals surface area contributed by atoms with Gasteiger partial charge in [-0.3, -0.25) is 4.79 Å². The monoisotopic (exact) mass is 374 g/mol. The fourth-order valence-electron chi connectivity index (χ4n) is 2.60. The van der Waals surface area contributed by atoms with Crippen molar-refractivity contribution in [3.8, 4) is 11.5 Å². The first-order valence-electron chi connectivity index (χ1n) is 8.35. The number of fused-ring (bicyclic) bond motifs is 1. The number of amides is 1. The molecule has 1 heterocycles. The lowest BCUT2D eigenvalue weighted by Gasteiger charge is -2.19. The normalized spacial score (nSPS) is 16.2. The Kier molecular flexibility index (Phi) is 4.29. The molecule has 0 unspecified atom stereocenters.